The van der Waals surface area contributed by atoms with Crippen LogP contribution in [0.5, 0.6) is 0 Å². The molecular weight excluding hydrogens is 292 g/mol. The highest BCUT2D eigenvalue weighted by atomic mass is 16.2. The lowest BCUT2D eigenvalue weighted by Crippen LogP contribution is -2.32. The predicted molar refractivity (Wildman–Crippen MR) is 87.7 cm³/mol. The summed E-state index contributed by atoms with van der Waals surface area (Å²) in [6.45, 7) is 3.93. The molecule has 2 amide bonds. The van der Waals surface area contributed by atoms with E-state index in [1.807, 2.05) is 42.7 Å². The van der Waals surface area contributed by atoms with Crippen molar-refractivity contribution in [3.05, 3.63) is 30.1 Å². The first kappa shape index (κ1) is 15.5. The Morgan fingerprint density at radius 3 is 2.74 bits per heavy atom. The number of aromatic nitrogens is 2. The summed E-state index contributed by atoms with van der Waals surface area (Å²) >= 11 is 0. The maximum atomic E-state index is 12.2. The molecule has 23 heavy (non-hydrogen) atoms. The number of carbonyl (C=O) groups is 2. The van der Waals surface area contributed by atoms with Crippen LogP contribution in [-0.4, -0.2) is 27.4 Å². The summed E-state index contributed by atoms with van der Waals surface area (Å²) in [6.07, 6.45) is 2.55. The van der Waals surface area contributed by atoms with Crippen LogP contribution in [0.4, 0.5) is 0 Å². The summed E-state index contributed by atoms with van der Waals surface area (Å²) in [5, 5.41) is 5.92. The molecule has 0 radical (unpaired) electrons. The lowest BCUT2D eigenvalue weighted by molar-refractivity contribution is -0.122. The van der Waals surface area contributed by atoms with Gasteiger partial charge >= 0.3 is 0 Å². The van der Waals surface area contributed by atoms with E-state index in [4.69, 9.17) is 0 Å². The van der Waals surface area contributed by atoms with E-state index in [0.717, 1.165) is 23.9 Å². The summed E-state index contributed by atoms with van der Waals surface area (Å²) in [6, 6.07) is 7.80. The summed E-state index contributed by atoms with van der Waals surface area (Å²) in [5.41, 5.74) is 1.74. The number of hydrogen-bond acceptors (Lipinski definition) is 3. The Balaban J connectivity index is 1.90. The molecule has 0 spiro atoms. The molecule has 3 rings (SSSR count). The van der Waals surface area contributed by atoms with Crippen LogP contribution < -0.4 is 10.6 Å². The second kappa shape index (κ2) is 6.40. The van der Waals surface area contributed by atoms with Crippen LogP contribution in [-0.2, 0) is 16.1 Å². The molecule has 1 unspecified atom stereocenters. The number of rotatable bonds is 6. The average molecular weight is 314 g/mol. The summed E-state index contributed by atoms with van der Waals surface area (Å²) in [7, 11) is 0. The molecule has 2 N–H and O–H groups in total. The zero-order valence-corrected chi connectivity index (χ0v) is 13.5. The Bertz CT molecular complexity index is 733. The normalized spacial score (nSPS) is 15.4. The molecule has 1 aliphatic carbocycles. The van der Waals surface area contributed by atoms with Crippen molar-refractivity contribution < 1.29 is 9.59 Å². The number of para-hydroxylation sites is 2. The highest BCUT2D eigenvalue weighted by Gasteiger charge is 2.25. The zero-order valence-electron chi connectivity index (χ0n) is 13.5. The van der Waals surface area contributed by atoms with Gasteiger partial charge < -0.3 is 15.2 Å². The van der Waals surface area contributed by atoms with Crippen LogP contribution in [0.2, 0.25) is 0 Å². The van der Waals surface area contributed by atoms with E-state index in [1.54, 1.807) is 0 Å². The number of fused-ring (bicyclic) bond motifs is 1. The van der Waals surface area contributed by atoms with Crippen molar-refractivity contribution in [2.24, 2.45) is 0 Å². The maximum Gasteiger partial charge on any atom is 0.240 e. The third-order valence-corrected chi connectivity index (χ3v) is 4.01. The molecule has 122 valence electrons. The second-order valence-corrected chi connectivity index (χ2v) is 6.03. The topological polar surface area (TPSA) is 76.0 Å². The van der Waals surface area contributed by atoms with Crippen molar-refractivity contribution in [1.82, 2.24) is 20.2 Å². The van der Waals surface area contributed by atoms with Gasteiger partial charge in [-0.15, -0.1) is 0 Å². The van der Waals surface area contributed by atoms with Gasteiger partial charge in [0.25, 0.3) is 0 Å². The summed E-state index contributed by atoms with van der Waals surface area (Å²) in [5.74, 6) is 0.670. The van der Waals surface area contributed by atoms with Gasteiger partial charge in [0.1, 0.15) is 12.4 Å². The van der Waals surface area contributed by atoms with Gasteiger partial charge in [-0.25, -0.2) is 4.98 Å². The highest BCUT2D eigenvalue weighted by molar-refractivity contribution is 5.82. The number of nitrogens with one attached hydrogen (secondary N) is 2. The van der Waals surface area contributed by atoms with Crippen molar-refractivity contribution in [2.75, 3.05) is 0 Å². The van der Waals surface area contributed by atoms with Gasteiger partial charge in [-0.05, 0) is 31.9 Å². The number of amides is 2. The van der Waals surface area contributed by atoms with E-state index in [1.165, 1.54) is 0 Å². The van der Waals surface area contributed by atoms with E-state index in [-0.39, 0.29) is 24.4 Å². The molecule has 1 fully saturated rings. The smallest absolute Gasteiger partial charge is 0.240 e. The zero-order chi connectivity index (χ0) is 16.4. The lowest BCUT2D eigenvalue weighted by Gasteiger charge is -2.16. The SMILES string of the molecule is CCC(=O)NC(C)c1nc2ccccc2n1CC(=O)NC1CC1. The molecule has 1 heterocycles. The van der Waals surface area contributed by atoms with Gasteiger partial charge in [0.2, 0.25) is 11.8 Å². The fourth-order valence-corrected chi connectivity index (χ4v) is 2.64. The molecule has 1 aliphatic rings. The van der Waals surface area contributed by atoms with Gasteiger partial charge in [-0.1, -0.05) is 19.1 Å². The third kappa shape index (κ3) is 3.52. The summed E-state index contributed by atoms with van der Waals surface area (Å²) in [4.78, 5) is 28.5. The second-order valence-electron chi connectivity index (χ2n) is 6.03. The first-order chi connectivity index (χ1) is 11.1. The Hall–Kier alpha value is -2.37. The number of benzene rings is 1. The number of imidazole rings is 1. The van der Waals surface area contributed by atoms with Gasteiger partial charge in [-0.2, -0.15) is 0 Å². The van der Waals surface area contributed by atoms with E-state index in [2.05, 4.69) is 15.6 Å². The van der Waals surface area contributed by atoms with Gasteiger partial charge in [0, 0.05) is 12.5 Å². The van der Waals surface area contributed by atoms with Crippen molar-refractivity contribution >= 4 is 22.8 Å². The quantitative estimate of drug-likeness (QED) is 0.855. The molecule has 2 aromatic rings. The Kier molecular flexibility index (Phi) is 4.32. The molecule has 1 aromatic carbocycles. The predicted octanol–water partition coefficient (Wildman–Crippen LogP) is 1.90. The molecule has 0 bridgehead atoms. The van der Waals surface area contributed by atoms with Crippen molar-refractivity contribution in [3.8, 4) is 0 Å². The van der Waals surface area contributed by atoms with Crippen LogP contribution >= 0.6 is 0 Å². The standard InChI is InChI=1S/C17H22N4O2/c1-3-15(22)18-11(2)17-20-13-6-4-5-7-14(13)21(17)10-16(23)19-12-8-9-12/h4-7,11-12H,3,8-10H2,1-2H3,(H,18,22)(H,19,23). The van der Waals surface area contributed by atoms with E-state index >= 15 is 0 Å². The molecule has 6 nitrogen and oxygen atoms in total. The van der Waals surface area contributed by atoms with E-state index in [0.29, 0.717) is 18.3 Å². The number of hydrogen-bond donors (Lipinski definition) is 2. The minimum atomic E-state index is -0.247. The molecule has 0 saturated heterocycles. The fraction of sp³-hybridized carbons (Fsp3) is 0.471. The lowest BCUT2D eigenvalue weighted by atomic mass is 10.3. The average Bonchev–Trinajstić information content (AvgIpc) is 3.27. The first-order valence-corrected chi connectivity index (χ1v) is 8.12. The van der Waals surface area contributed by atoms with Crippen LogP contribution in [0.15, 0.2) is 24.3 Å². The van der Waals surface area contributed by atoms with E-state index < -0.39 is 0 Å². The minimum Gasteiger partial charge on any atom is -0.352 e. The molecular formula is C17H22N4O2. The van der Waals surface area contributed by atoms with Crippen molar-refractivity contribution in [1.29, 1.82) is 0 Å². The fourth-order valence-electron chi connectivity index (χ4n) is 2.64. The molecule has 1 atom stereocenters. The van der Waals surface area contributed by atoms with E-state index in [9.17, 15) is 9.59 Å². The highest BCUT2D eigenvalue weighted by Crippen LogP contribution is 2.22. The first-order valence-electron chi connectivity index (χ1n) is 8.12. The van der Waals surface area contributed by atoms with Gasteiger partial charge in [0.05, 0.1) is 17.1 Å². The molecule has 1 aromatic heterocycles. The Labute approximate surface area is 135 Å². The van der Waals surface area contributed by atoms with Crippen LogP contribution in [0.25, 0.3) is 11.0 Å². The Morgan fingerprint density at radius 1 is 1.30 bits per heavy atom. The van der Waals surface area contributed by atoms with Crippen LogP contribution in [0.1, 0.15) is 45.0 Å². The monoisotopic (exact) mass is 314 g/mol. The van der Waals surface area contributed by atoms with Gasteiger partial charge in [-0.3, -0.25) is 9.59 Å². The molecule has 6 heteroatoms. The summed E-state index contributed by atoms with van der Waals surface area (Å²) < 4.78 is 1.90. The third-order valence-electron chi connectivity index (χ3n) is 4.01. The van der Waals surface area contributed by atoms with Crippen molar-refractivity contribution in [2.45, 2.75) is 51.7 Å². The van der Waals surface area contributed by atoms with Crippen molar-refractivity contribution in [3.63, 3.8) is 0 Å². The van der Waals surface area contributed by atoms with Gasteiger partial charge in [0.15, 0.2) is 0 Å². The maximum absolute atomic E-state index is 12.2. The largest absolute Gasteiger partial charge is 0.352 e. The molecule has 1 saturated carbocycles. The molecule has 0 aliphatic heterocycles. The van der Waals surface area contributed by atoms with Crippen LogP contribution in [0.3, 0.4) is 0 Å². The number of carbonyl (C=O) groups excluding carboxylic acids is 2. The van der Waals surface area contributed by atoms with Crippen LogP contribution in [0, 0.1) is 0 Å². The Morgan fingerprint density at radius 2 is 2.04 bits per heavy atom. The number of nitrogens with zero attached hydrogens (tertiary/aromatic N) is 2. The minimum absolute atomic E-state index is 0.00841.